The maximum absolute atomic E-state index is 12.9. The second kappa shape index (κ2) is 11.3. The summed E-state index contributed by atoms with van der Waals surface area (Å²) >= 11 is 0. The van der Waals surface area contributed by atoms with Crippen molar-refractivity contribution in [1.29, 1.82) is 0 Å². The van der Waals surface area contributed by atoms with Crippen molar-refractivity contribution >= 4 is 21.9 Å². The number of amides is 1. The van der Waals surface area contributed by atoms with Gasteiger partial charge in [0.15, 0.2) is 0 Å². The van der Waals surface area contributed by atoms with E-state index in [-0.39, 0.29) is 23.5 Å². The lowest BCUT2D eigenvalue weighted by molar-refractivity contribution is -0.141. The number of carboxylic acids is 1. The number of nitrogens with zero attached hydrogens (tertiary/aromatic N) is 1. The zero-order valence-corrected chi connectivity index (χ0v) is 19.3. The molecule has 1 aliphatic rings. The van der Waals surface area contributed by atoms with Crippen molar-refractivity contribution in [3.8, 4) is 5.75 Å². The third-order valence-corrected chi connectivity index (χ3v) is 7.69. The van der Waals surface area contributed by atoms with Gasteiger partial charge in [0.25, 0.3) is 0 Å². The molecule has 0 bridgehead atoms. The lowest BCUT2D eigenvalue weighted by atomic mass is 10.0. The third kappa shape index (κ3) is 7.03. The highest BCUT2D eigenvalue weighted by molar-refractivity contribution is 7.89. The van der Waals surface area contributed by atoms with Crippen molar-refractivity contribution in [2.75, 3.05) is 13.1 Å². The normalized spacial score (nSPS) is 16.0. The number of hydrogen-bond donors (Lipinski definition) is 3. The molecule has 0 aliphatic carbocycles. The molecule has 0 spiro atoms. The van der Waals surface area contributed by atoms with Crippen LogP contribution in [0, 0.1) is 0 Å². The Morgan fingerprint density at radius 3 is 2.06 bits per heavy atom. The summed E-state index contributed by atoms with van der Waals surface area (Å²) in [6, 6.07) is 11.6. The number of rotatable bonds is 9. The van der Waals surface area contributed by atoms with Gasteiger partial charge in [-0.3, -0.25) is 4.79 Å². The van der Waals surface area contributed by atoms with Crippen molar-refractivity contribution in [3.63, 3.8) is 0 Å². The van der Waals surface area contributed by atoms with Crippen LogP contribution in [-0.2, 0) is 32.5 Å². The van der Waals surface area contributed by atoms with Gasteiger partial charge in [-0.1, -0.05) is 37.1 Å². The molecule has 0 unspecified atom stereocenters. The molecule has 0 saturated carbocycles. The summed E-state index contributed by atoms with van der Waals surface area (Å²) in [6.07, 6.45) is 4.38. The number of nitrogens with one attached hydrogen (secondary N) is 1. The lowest BCUT2D eigenvalue weighted by Gasteiger charge is -2.20. The summed E-state index contributed by atoms with van der Waals surface area (Å²) in [5.41, 5.74) is 1.48. The van der Waals surface area contributed by atoms with E-state index in [2.05, 4.69) is 5.32 Å². The molecule has 1 fully saturated rings. The summed E-state index contributed by atoms with van der Waals surface area (Å²) in [5.74, 6) is -1.46. The maximum Gasteiger partial charge on any atom is 0.326 e. The second-order valence-corrected chi connectivity index (χ2v) is 10.2. The summed E-state index contributed by atoms with van der Waals surface area (Å²) in [7, 11) is -3.52. The van der Waals surface area contributed by atoms with E-state index in [4.69, 9.17) is 0 Å². The number of carbonyl (C=O) groups excluding carboxylic acids is 1. The minimum absolute atomic E-state index is 0.0809. The van der Waals surface area contributed by atoms with Gasteiger partial charge in [-0.2, -0.15) is 4.31 Å². The highest BCUT2D eigenvalue weighted by Crippen LogP contribution is 2.21. The number of hydrogen-bond acceptors (Lipinski definition) is 5. The van der Waals surface area contributed by atoms with E-state index < -0.39 is 27.9 Å². The Kier molecular flexibility index (Phi) is 8.46. The zero-order chi connectivity index (χ0) is 23.8. The van der Waals surface area contributed by atoms with Crippen molar-refractivity contribution < 1.29 is 28.2 Å². The second-order valence-electron chi connectivity index (χ2n) is 8.29. The maximum atomic E-state index is 12.9. The van der Waals surface area contributed by atoms with Crippen molar-refractivity contribution in [2.24, 2.45) is 0 Å². The fourth-order valence-corrected chi connectivity index (χ4v) is 5.37. The van der Waals surface area contributed by atoms with Gasteiger partial charge >= 0.3 is 5.97 Å². The van der Waals surface area contributed by atoms with Gasteiger partial charge in [0.2, 0.25) is 15.9 Å². The molecule has 1 amide bonds. The third-order valence-electron chi connectivity index (χ3n) is 5.78. The number of aromatic hydroxyl groups is 1. The van der Waals surface area contributed by atoms with Crippen LogP contribution in [-0.4, -0.2) is 53.9 Å². The Balaban J connectivity index is 1.54. The largest absolute Gasteiger partial charge is 0.508 e. The Bertz CT molecular complexity index is 1040. The molecule has 1 atom stereocenters. The first-order valence-electron chi connectivity index (χ1n) is 11.1. The fourth-order valence-electron chi connectivity index (χ4n) is 3.85. The number of carbonyl (C=O) groups is 2. The minimum Gasteiger partial charge on any atom is -0.508 e. The standard InChI is InChI=1S/C24H30N2O6S/c27-20-10-5-19(6-11-20)17-22(24(29)30)25-23(28)14-9-18-7-12-21(13-8-18)33(31,32)26-15-3-1-2-4-16-26/h5-8,10-13,22,27H,1-4,9,14-17H2,(H,25,28)(H,29,30)/t22-/m1/s1. The summed E-state index contributed by atoms with van der Waals surface area (Å²) < 4.78 is 27.3. The topological polar surface area (TPSA) is 124 Å². The molecule has 9 heteroatoms. The van der Waals surface area contributed by atoms with Crippen LogP contribution in [0.1, 0.15) is 43.2 Å². The molecular formula is C24H30N2O6S. The van der Waals surface area contributed by atoms with Crippen LogP contribution in [0.4, 0.5) is 0 Å². The van der Waals surface area contributed by atoms with Gasteiger partial charge < -0.3 is 15.5 Å². The van der Waals surface area contributed by atoms with E-state index in [1.807, 2.05) is 0 Å². The number of phenols is 1. The molecule has 2 aromatic carbocycles. The van der Waals surface area contributed by atoms with Gasteiger partial charge in [-0.05, 0) is 54.7 Å². The lowest BCUT2D eigenvalue weighted by Crippen LogP contribution is -2.42. The first-order chi connectivity index (χ1) is 15.8. The number of sulfonamides is 1. The van der Waals surface area contributed by atoms with Crippen LogP contribution in [0.2, 0.25) is 0 Å². The molecule has 0 radical (unpaired) electrons. The van der Waals surface area contributed by atoms with E-state index in [9.17, 15) is 28.2 Å². The average molecular weight is 475 g/mol. The molecule has 1 heterocycles. The summed E-state index contributed by atoms with van der Waals surface area (Å²) in [5, 5.41) is 21.3. The zero-order valence-electron chi connectivity index (χ0n) is 18.4. The first-order valence-corrected chi connectivity index (χ1v) is 12.6. The minimum atomic E-state index is -3.52. The number of phenolic OH excluding ortho intramolecular Hbond substituents is 1. The highest BCUT2D eigenvalue weighted by atomic mass is 32.2. The van der Waals surface area contributed by atoms with Gasteiger partial charge in [0, 0.05) is 25.9 Å². The van der Waals surface area contributed by atoms with Gasteiger partial charge in [0.1, 0.15) is 11.8 Å². The Labute approximate surface area is 194 Å². The molecule has 3 N–H and O–H groups in total. The average Bonchev–Trinajstić information content (AvgIpc) is 3.09. The van der Waals surface area contributed by atoms with E-state index in [0.29, 0.717) is 25.1 Å². The van der Waals surface area contributed by atoms with Crippen LogP contribution < -0.4 is 5.32 Å². The predicted octanol–water partition coefficient (Wildman–Crippen LogP) is 2.70. The molecule has 1 aliphatic heterocycles. The molecule has 0 aromatic heterocycles. The van der Waals surface area contributed by atoms with Gasteiger partial charge in [0.05, 0.1) is 4.90 Å². The SMILES string of the molecule is O=C(CCc1ccc(S(=O)(=O)N2CCCCCC2)cc1)N[C@H](Cc1ccc(O)cc1)C(=O)O. The molecule has 2 aromatic rings. The van der Waals surface area contributed by atoms with Crippen LogP contribution in [0.25, 0.3) is 0 Å². The first kappa shape index (κ1) is 24.7. The highest BCUT2D eigenvalue weighted by Gasteiger charge is 2.25. The quantitative estimate of drug-likeness (QED) is 0.513. The van der Waals surface area contributed by atoms with Crippen molar-refractivity contribution in [2.45, 2.75) is 55.9 Å². The Morgan fingerprint density at radius 2 is 1.48 bits per heavy atom. The number of aliphatic carboxylic acids is 1. The predicted molar refractivity (Wildman–Crippen MR) is 123 cm³/mol. The molecule has 33 heavy (non-hydrogen) atoms. The van der Waals surface area contributed by atoms with Gasteiger partial charge in [-0.15, -0.1) is 0 Å². The van der Waals surface area contributed by atoms with E-state index in [1.165, 1.54) is 12.1 Å². The fraction of sp³-hybridized carbons (Fsp3) is 0.417. The van der Waals surface area contributed by atoms with Crippen molar-refractivity contribution in [3.05, 3.63) is 59.7 Å². The van der Waals surface area contributed by atoms with Crippen LogP contribution in [0.5, 0.6) is 5.75 Å². The number of aryl methyl sites for hydroxylation is 1. The molecule has 1 saturated heterocycles. The van der Waals surface area contributed by atoms with Crippen LogP contribution >= 0.6 is 0 Å². The molecule has 178 valence electrons. The Morgan fingerprint density at radius 1 is 0.909 bits per heavy atom. The smallest absolute Gasteiger partial charge is 0.326 e. The number of benzene rings is 2. The van der Waals surface area contributed by atoms with Gasteiger partial charge in [-0.25, -0.2) is 13.2 Å². The molecule has 3 rings (SSSR count). The summed E-state index contributed by atoms with van der Waals surface area (Å²) in [4.78, 5) is 24.1. The van der Waals surface area contributed by atoms with E-state index in [0.717, 1.165) is 31.2 Å². The van der Waals surface area contributed by atoms with Crippen LogP contribution in [0.15, 0.2) is 53.4 Å². The van der Waals surface area contributed by atoms with Crippen molar-refractivity contribution in [1.82, 2.24) is 9.62 Å². The van der Waals surface area contributed by atoms with E-state index >= 15 is 0 Å². The number of carboxylic acid groups (broad SMARTS) is 1. The van der Waals surface area contributed by atoms with E-state index in [1.54, 1.807) is 40.7 Å². The summed E-state index contributed by atoms with van der Waals surface area (Å²) in [6.45, 7) is 1.08. The van der Waals surface area contributed by atoms with Crippen LogP contribution in [0.3, 0.4) is 0 Å². The molecule has 8 nitrogen and oxygen atoms in total. The monoisotopic (exact) mass is 474 g/mol. The Hall–Kier alpha value is -2.91. The molecular weight excluding hydrogens is 444 g/mol.